The molecule has 1 aromatic rings. The van der Waals surface area contributed by atoms with Gasteiger partial charge in [-0.1, -0.05) is 29.8 Å². The molecule has 6 heteroatoms. The summed E-state index contributed by atoms with van der Waals surface area (Å²) in [5, 5.41) is 2.61. The van der Waals surface area contributed by atoms with Crippen LogP contribution >= 0.6 is 0 Å². The second kappa shape index (κ2) is 7.38. The Morgan fingerprint density at radius 1 is 1.18 bits per heavy atom. The van der Waals surface area contributed by atoms with Gasteiger partial charge in [-0.3, -0.25) is 14.5 Å². The number of nitrogens with zero attached hydrogens (tertiary/aromatic N) is 2. The SMILES string of the molecule is CNC(=O)CN1CCN(C(=O)C(N)c2ccc(C)cc2)CC1. The van der Waals surface area contributed by atoms with Gasteiger partial charge in [0.1, 0.15) is 6.04 Å². The van der Waals surface area contributed by atoms with Crippen LogP contribution < -0.4 is 11.1 Å². The molecule has 1 aliphatic rings. The number of aryl methyl sites for hydroxylation is 1. The molecule has 22 heavy (non-hydrogen) atoms. The molecule has 2 amide bonds. The molecule has 1 atom stereocenters. The minimum absolute atomic E-state index is 0.00358. The Bertz CT molecular complexity index is 521. The van der Waals surface area contributed by atoms with E-state index in [0.717, 1.165) is 11.1 Å². The Balaban J connectivity index is 1.89. The van der Waals surface area contributed by atoms with Crippen molar-refractivity contribution in [3.63, 3.8) is 0 Å². The minimum Gasteiger partial charge on any atom is -0.358 e. The van der Waals surface area contributed by atoms with E-state index in [1.807, 2.05) is 36.1 Å². The summed E-state index contributed by atoms with van der Waals surface area (Å²) in [6.45, 7) is 4.98. The fraction of sp³-hybridized carbons (Fsp3) is 0.500. The summed E-state index contributed by atoms with van der Waals surface area (Å²) in [6.07, 6.45) is 0. The zero-order chi connectivity index (χ0) is 16.1. The predicted octanol–water partition coefficient (Wildman–Crippen LogP) is -0.115. The van der Waals surface area contributed by atoms with Gasteiger partial charge in [0.25, 0.3) is 0 Å². The first-order valence-corrected chi connectivity index (χ1v) is 7.55. The molecule has 1 saturated heterocycles. The molecule has 0 aliphatic carbocycles. The highest BCUT2D eigenvalue weighted by Crippen LogP contribution is 2.15. The third-order valence-corrected chi connectivity index (χ3v) is 4.03. The Kier molecular flexibility index (Phi) is 5.51. The molecule has 0 radical (unpaired) electrons. The molecule has 0 saturated carbocycles. The molecular weight excluding hydrogens is 280 g/mol. The van der Waals surface area contributed by atoms with E-state index in [9.17, 15) is 9.59 Å². The lowest BCUT2D eigenvalue weighted by atomic mass is 10.0. The van der Waals surface area contributed by atoms with E-state index in [1.165, 1.54) is 0 Å². The summed E-state index contributed by atoms with van der Waals surface area (Å²) in [5.74, 6) is -0.0559. The van der Waals surface area contributed by atoms with Crippen LogP contribution in [0.5, 0.6) is 0 Å². The topological polar surface area (TPSA) is 78.7 Å². The van der Waals surface area contributed by atoms with Crippen LogP contribution in [-0.4, -0.2) is 61.4 Å². The summed E-state index contributed by atoms with van der Waals surface area (Å²) in [4.78, 5) is 27.7. The van der Waals surface area contributed by atoms with E-state index in [4.69, 9.17) is 5.73 Å². The molecule has 1 unspecified atom stereocenters. The van der Waals surface area contributed by atoms with Crippen LogP contribution in [0.4, 0.5) is 0 Å². The van der Waals surface area contributed by atoms with Gasteiger partial charge >= 0.3 is 0 Å². The summed E-state index contributed by atoms with van der Waals surface area (Å²) in [5.41, 5.74) is 8.07. The summed E-state index contributed by atoms with van der Waals surface area (Å²) < 4.78 is 0. The summed E-state index contributed by atoms with van der Waals surface area (Å²) in [6, 6.07) is 7.11. The number of benzene rings is 1. The quantitative estimate of drug-likeness (QED) is 0.813. The second-order valence-corrected chi connectivity index (χ2v) is 5.66. The third-order valence-electron chi connectivity index (χ3n) is 4.03. The van der Waals surface area contributed by atoms with Crippen molar-refractivity contribution >= 4 is 11.8 Å². The van der Waals surface area contributed by atoms with Crippen molar-refractivity contribution in [1.82, 2.24) is 15.1 Å². The number of amides is 2. The molecule has 120 valence electrons. The molecule has 1 aliphatic heterocycles. The van der Waals surface area contributed by atoms with Gasteiger partial charge in [-0.05, 0) is 12.5 Å². The molecule has 2 rings (SSSR count). The highest BCUT2D eigenvalue weighted by molar-refractivity contribution is 5.83. The van der Waals surface area contributed by atoms with E-state index in [0.29, 0.717) is 32.7 Å². The van der Waals surface area contributed by atoms with Crippen LogP contribution in [0, 0.1) is 6.92 Å². The zero-order valence-corrected chi connectivity index (χ0v) is 13.2. The molecule has 6 nitrogen and oxygen atoms in total. The number of nitrogens with one attached hydrogen (secondary N) is 1. The van der Waals surface area contributed by atoms with Gasteiger partial charge in [0, 0.05) is 33.2 Å². The Hall–Kier alpha value is -1.92. The van der Waals surface area contributed by atoms with E-state index in [1.54, 1.807) is 11.9 Å². The Morgan fingerprint density at radius 2 is 1.77 bits per heavy atom. The van der Waals surface area contributed by atoms with Crippen LogP contribution in [0.15, 0.2) is 24.3 Å². The number of carbonyl (C=O) groups excluding carboxylic acids is 2. The number of carbonyl (C=O) groups is 2. The first-order chi connectivity index (χ1) is 10.5. The van der Waals surface area contributed by atoms with E-state index < -0.39 is 6.04 Å². The molecule has 3 N–H and O–H groups in total. The van der Waals surface area contributed by atoms with E-state index >= 15 is 0 Å². The number of nitrogens with two attached hydrogens (primary N) is 1. The molecule has 0 aromatic heterocycles. The number of hydrogen-bond acceptors (Lipinski definition) is 4. The molecule has 1 aromatic carbocycles. The Labute approximate surface area is 131 Å². The number of hydrogen-bond donors (Lipinski definition) is 2. The van der Waals surface area contributed by atoms with E-state index in [2.05, 4.69) is 5.32 Å². The van der Waals surface area contributed by atoms with Gasteiger partial charge in [-0.2, -0.15) is 0 Å². The number of rotatable bonds is 4. The van der Waals surface area contributed by atoms with E-state index in [-0.39, 0.29) is 11.8 Å². The van der Waals surface area contributed by atoms with Crippen molar-refractivity contribution in [1.29, 1.82) is 0 Å². The molecule has 1 fully saturated rings. The summed E-state index contributed by atoms with van der Waals surface area (Å²) >= 11 is 0. The van der Waals surface area contributed by atoms with Gasteiger partial charge < -0.3 is 16.0 Å². The van der Waals surface area contributed by atoms with Crippen LogP contribution in [0.2, 0.25) is 0 Å². The van der Waals surface area contributed by atoms with Crippen LogP contribution in [0.25, 0.3) is 0 Å². The van der Waals surface area contributed by atoms with Gasteiger partial charge in [-0.15, -0.1) is 0 Å². The van der Waals surface area contributed by atoms with Crippen molar-refractivity contribution in [3.8, 4) is 0 Å². The largest absolute Gasteiger partial charge is 0.358 e. The van der Waals surface area contributed by atoms with Crippen molar-refractivity contribution in [2.45, 2.75) is 13.0 Å². The van der Waals surface area contributed by atoms with Crippen LogP contribution in [0.1, 0.15) is 17.2 Å². The molecule has 0 bridgehead atoms. The van der Waals surface area contributed by atoms with Crippen molar-refractivity contribution in [2.75, 3.05) is 39.8 Å². The fourth-order valence-corrected chi connectivity index (χ4v) is 2.52. The lowest BCUT2D eigenvalue weighted by Crippen LogP contribution is -2.52. The van der Waals surface area contributed by atoms with Crippen molar-refractivity contribution in [3.05, 3.63) is 35.4 Å². The normalized spacial score (nSPS) is 17.1. The highest BCUT2D eigenvalue weighted by Gasteiger charge is 2.26. The van der Waals surface area contributed by atoms with Gasteiger partial charge in [-0.25, -0.2) is 0 Å². The predicted molar refractivity (Wildman–Crippen MR) is 85.2 cm³/mol. The molecule has 1 heterocycles. The zero-order valence-electron chi connectivity index (χ0n) is 13.2. The highest BCUT2D eigenvalue weighted by atomic mass is 16.2. The van der Waals surface area contributed by atoms with Gasteiger partial charge in [0.05, 0.1) is 6.54 Å². The fourth-order valence-electron chi connectivity index (χ4n) is 2.52. The lowest BCUT2D eigenvalue weighted by Gasteiger charge is -2.35. The molecular formula is C16H24N4O2. The molecule has 0 spiro atoms. The maximum absolute atomic E-state index is 12.5. The number of piperazine rings is 1. The average Bonchev–Trinajstić information content (AvgIpc) is 2.55. The lowest BCUT2D eigenvalue weighted by molar-refractivity contribution is -0.134. The standard InChI is InChI=1S/C16H24N4O2/c1-12-3-5-13(6-4-12)15(17)16(22)20-9-7-19(8-10-20)11-14(21)18-2/h3-6,15H,7-11,17H2,1-2H3,(H,18,21). The number of likely N-dealkylation sites (N-methyl/N-ethyl adjacent to an activating group) is 1. The monoisotopic (exact) mass is 304 g/mol. The van der Waals surface area contributed by atoms with Crippen molar-refractivity contribution in [2.24, 2.45) is 5.73 Å². The van der Waals surface area contributed by atoms with Gasteiger partial charge in [0.15, 0.2) is 0 Å². The maximum atomic E-state index is 12.5. The minimum atomic E-state index is -0.619. The second-order valence-electron chi connectivity index (χ2n) is 5.66. The average molecular weight is 304 g/mol. The third kappa shape index (κ3) is 4.05. The van der Waals surface area contributed by atoms with Crippen molar-refractivity contribution < 1.29 is 9.59 Å². The van der Waals surface area contributed by atoms with Crippen LogP contribution in [-0.2, 0) is 9.59 Å². The Morgan fingerprint density at radius 3 is 2.32 bits per heavy atom. The van der Waals surface area contributed by atoms with Crippen LogP contribution in [0.3, 0.4) is 0 Å². The first-order valence-electron chi connectivity index (χ1n) is 7.55. The smallest absolute Gasteiger partial charge is 0.244 e. The maximum Gasteiger partial charge on any atom is 0.244 e. The first kappa shape index (κ1) is 16.5. The van der Waals surface area contributed by atoms with Gasteiger partial charge in [0.2, 0.25) is 11.8 Å². The summed E-state index contributed by atoms with van der Waals surface area (Å²) in [7, 11) is 1.63.